The van der Waals surface area contributed by atoms with E-state index in [0.29, 0.717) is 5.75 Å². The Balaban J connectivity index is 1.77. The molecule has 0 fully saturated rings. The monoisotopic (exact) mass is 380 g/mol. The lowest BCUT2D eigenvalue weighted by Crippen LogP contribution is -2.22. The fourth-order valence-electron chi connectivity index (χ4n) is 2.55. The average molecular weight is 381 g/mol. The van der Waals surface area contributed by atoms with Crippen molar-refractivity contribution < 1.29 is 9.90 Å². The molecule has 3 aromatic carbocycles. The Morgan fingerprint density at radius 3 is 1.85 bits per heavy atom. The zero-order valence-electron chi connectivity index (χ0n) is 14.2. The summed E-state index contributed by atoms with van der Waals surface area (Å²) in [6.07, 6.45) is -0.823. The van der Waals surface area contributed by atoms with E-state index in [0.717, 1.165) is 15.4 Å². The maximum absolute atomic E-state index is 12.9. The van der Waals surface area contributed by atoms with Crippen LogP contribution in [-0.2, 0) is 4.79 Å². The molecular formula is C22H20O2S2. The third-order valence-electron chi connectivity index (χ3n) is 3.96. The first-order chi connectivity index (χ1) is 12.7. The number of thioether (sulfide) groups is 2. The molecule has 0 aliphatic rings. The molecule has 2 unspecified atom stereocenters. The van der Waals surface area contributed by atoms with E-state index >= 15 is 0 Å². The van der Waals surface area contributed by atoms with E-state index in [1.54, 1.807) is 11.8 Å². The third kappa shape index (κ3) is 5.24. The molecule has 0 radical (unpaired) electrons. The number of carbonyl (C=O) groups is 1. The van der Waals surface area contributed by atoms with E-state index in [1.807, 2.05) is 91.0 Å². The van der Waals surface area contributed by atoms with Gasteiger partial charge in [-0.15, -0.1) is 11.8 Å². The van der Waals surface area contributed by atoms with Gasteiger partial charge < -0.3 is 5.11 Å². The Bertz CT molecular complexity index is 807. The minimum absolute atomic E-state index is 0.0176. The average Bonchev–Trinajstić information content (AvgIpc) is 2.70. The van der Waals surface area contributed by atoms with Crippen LogP contribution in [0.2, 0.25) is 0 Å². The number of aliphatic hydroxyl groups is 1. The highest BCUT2D eigenvalue weighted by atomic mass is 32.2. The van der Waals surface area contributed by atoms with Gasteiger partial charge in [0.2, 0.25) is 5.12 Å². The van der Waals surface area contributed by atoms with Gasteiger partial charge >= 0.3 is 0 Å². The number of hydrogen-bond donors (Lipinski definition) is 1. The SMILES string of the molecule is O=C(Sc1ccccc1)C(CSc1ccccc1)C(O)c1ccccc1. The number of rotatable bonds is 7. The highest BCUT2D eigenvalue weighted by Crippen LogP contribution is 2.34. The van der Waals surface area contributed by atoms with Crippen LogP contribution >= 0.6 is 23.5 Å². The number of benzene rings is 3. The normalized spacial score (nSPS) is 13.1. The van der Waals surface area contributed by atoms with Crippen LogP contribution in [0, 0.1) is 5.92 Å². The maximum atomic E-state index is 12.9. The predicted octanol–water partition coefficient (Wildman–Crippen LogP) is 5.45. The summed E-state index contributed by atoms with van der Waals surface area (Å²) >= 11 is 2.79. The smallest absolute Gasteiger partial charge is 0.200 e. The molecule has 0 heterocycles. The molecule has 3 aromatic rings. The number of aliphatic hydroxyl groups excluding tert-OH is 1. The number of carbonyl (C=O) groups excluding carboxylic acids is 1. The van der Waals surface area contributed by atoms with Gasteiger partial charge in [-0.3, -0.25) is 4.79 Å². The quantitative estimate of drug-likeness (QED) is 0.553. The van der Waals surface area contributed by atoms with E-state index in [9.17, 15) is 9.90 Å². The first-order valence-corrected chi connectivity index (χ1v) is 10.2. The Hall–Kier alpha value is -2.01. The summed E-state index contributed by atoms with van der Waals surface area (Å²) in [4.78, 5) is 14.9. The fourth-order valence-corrected chi connectivity index (χ4v) is 4.60. The molecule has 2 atom stereocenters. The summed E-state index contributed by atoms with van der Waals surface area (Å²) in [6.45, 7) is 0. The van der Waals surface area contributed by atoms with Crippen molar-refractivity contribution in [2.75, 3.05) is 5.75 Å². The summed E-state index contributed by atoms with van der Waals surface area (Å²) in [5.41, 5.74) is 0.771. The second-order valence-corrected chi connectivity index (χ2v) is 7.99. The molecule has 4 heteroatoms. The Morgan fingerprint density at radius 1 is 0.769 bits per heavy atom. The minimum atomic E-state index is -0.823. The Morgan fingerprint density at radius 2 is 1.27 bits per heavy atom. The van der Waals surface area contributed by atoms with Crippen LogP contribution in [0.4, 0.5) is 0 Å². The van der Waals surface area contributed by atoms with E-state index in [2.05, 4.69) is 0 Å². The van der Waals surface area contributed by atoms with Gasteiger partial charge in [0.1, 0.15) is 0 Å². The predicted molar refractivity (Wildman–Crippen MR) is 109 cm³/mol. The van der Waals surface area contributed by atoms with Crippen molar-refractivity contribution in [2.45, 2.75) is 15.9 Å². The highest BCUT2D eigenvalue weighted by Gasteiger charge is 2.28. The molecule has 0 bridgehead atoms. The Kier molecular flexibility index (Phi) is 6.95. The maximum Gasteiger partial charge on any atom is 0.200 e. The van der Waals surface area contributed by atoms with Crippen molar-refractivity contribution >= 4 is 28.6 Å². The molecule has 0 amide bonds. The van der Waals surface area contributed by atoms with Crippen LogP contribution in [0.1, 0.15) is 11.7 Å². The second-order valence-electron chi connectivity index (χ2n) is 5.82. The molecule has 1 N–H and O–H groups in total. The molecule has 0 aliphatic carbocycles. The highest BCUT2D eigenvalue weighted by molar-refractivity contribution is 8.13. The van der Waals surface area contributed by atoms with Crippen LogP contribution in [0.15, 0.2) is 101 Å². The standard InChI is InChI=1S/C22H20O2S2/c23-21(17-10-4-1-5-11-17)20(16-25-18-12-6-2-7-13-18)22(24)26-19-14-8-3-9-15-19/h1-15,20-21,23H,16H2. The van der Waals surface area contributed by atoms with Crippen molar-refractivity contribution in [3.63, 3.8) is 0 Å². The summed E-state index contributed by atoms with van der Waals surface area (Å²) < 4.78 is 0. The van der Waals surface area contributed by atoms with Crippen LogP contribution < -0.4 is 0 Å². The summed E-state index contributed by atoms with van der Waals surface area (Å²) in [6, 6.07) is 29.0. The molecule has 132 valence electrons. The van der Waals surface area contributed by atoms with E-state index in [-0.39, 0.29) is 5.12 Å². The van der Waals surface area contributed by atoms with E-state index in [4.69, 9.17) is 0 Å². The summed E-state index contributed by atoms with van der Waals surface area (Å²) in [7, 11) is 0. The van der Waals surface area contributed by atoms with E-state index < -0.39 is 12.0 Å². The van der Waals surface area contributed by atoms with Gasteiger partial charge in [0.05, 0.1) is 12.0 Å². The molecule has 26 heavy (non-hydrogen) atoms. The molecule has 0 saturated carbocycles. The fraction of sp³-hybridized carbons (Fsp3) is 0.136. The van der Waals surface area contributed by atoms with E-state index in [1.165, 1.54) is 11.8 Å². The zero-order chi connectivity index (χ0) is 18.2. The molecule has 0 aliphatic heterocycles. The zero-order valence-corrected chi connectivity index (χ0v) is 15.8. The van der Waals surface area contributed by atoms with Crippen molar-refractivity contribution in [1.29, 1.82) is 0 Å². The van der Waals surface area contributed by atoms with Gasteiger partial charge in [-0.05, 0) is 29.8 Å². The lowest BCUT2D eigenvalue weighted by atomic mass is 9.98. The lowest BCUT2D eigenvalue weighted by Gasteiger charge is -2.21. The lowest BCUT2D eigenvalue weighted by molar-refractivity contribution is -0.116. The van der Waals surface area contributed by atoms with Gasteiger partial charge in [-0.1, -0.05) is 78.5 Å². The first kappa shape index (κ1) is 18.8. The molecule has 3 rings (SSSR count). The molecule has 0 aromatic heterocycles. The number of hydrogen-bond acceptors (Lipinski definition) is 4. The molecular weight excluding hydrogens is 360 g/mol. The molecule has 0 spiro atoms. The van der Waals surface area contributed by atoms with Crippen molar-refractivity contribution in [3.8, 4) is 0 Å². The van der Waals surface area contributed by atoms with Crippen LogP contribution in [-0.4, -0.2) is 16.0 Å². The van der Waals surface area contributed by atoms with Gasteiger partial charge in [0, 0.05) is 15.5 Å². The molecule has 0 saturated heterocycles. The van der Waals surface area contributed by atoms with Crippen molar-refractivity contribution in [2.24, 2.45) is 5.92 Å². The van der Waals surface area contributed by atoms with Crippen molar-refractivity contribution in [3.05, 3.63) is 96.6 Å². The van der Waals surface area contributed by atoms with Gasteiger partial charge in [0.25, 0.3) is 0 Å². The topological polar surface area (TPSA) is 37.3 Å². The van der Waals surface area contributed by atoms with Crippen LogP contribution in [0.25, 0.3) is 0 Å². The van der Waals surface area contributed by atoms with Gasteiger partial charge in [-0.25, -0.2) is 0 Å². The minimum Gasteiger partial charge on any atom is -0.388 e. The third-order valence-corrected chi connectivity index (χ3v) is 6.10. The Labute approximate surface area is 162 Å². The first-order valence-electron chi connectivity index (χ1n) is 8.41. The van der Waals surface area contributed by atoms with Crippen LogP contribution in [0.3, 0.4) is 0 Å². The van der Waals surface area contributed by atoms with Crippen molar-refractivity contribution in [1.82, 2.24) is 0 Å². The molecule has 2 nitrogen and oxygen atoms in total. The summed E-state index contributed by atoms with van der Waals surface area (Å²) in [5.74, 6) is 0.0338. The summed E-state index contributed by atoms with van der Waals surface area (Å²) in [5, 5.41) is 10.8. The largest absolute Gasteiger partial charge is 0.388 e. The van der Waals surface area contributed by atoms with Gasteiger partial charge in [0.15, 0.2) is 0 Å². The van der Waals surface area contributed by atoms with Crippen LogP contribution in [0.5, 0.6) is 0 Å². The second kappa shape index (κ2) is 9.62. The van der Waals surface area contributed by atoms with Gasteiger partial charge in [-0.2, -0.15) is 0 Å².